The molecule has 6 nitrogen and oxygen atoms in total. The number of aliphatic hydroxyl groups excluding tert-OH is 1. The van der Waals surface area contributed by atoms with Crippen LogP contribution in [-0.4, -0.2) is 44.7 Å². The SMILES string of the molecule is Cc1cc(C#N)cc2c1cc(Cc1c(Cl)cnc(C(=O)N3CC(O)C3)c1Cl)n2C. The van der Waals surface area contributed by atoms with E-state index >= 15 is 0 Å². The van der Waals surface area contributed by atoms with Gasteiger partial charge in [0.15, 0.2) is 0 Å². The summed E-state index contributed by atoms with van der Waals surface area (Å²) in [6.45, 7) is 2.52. The van der Waals surface area contributed by atoms with Gasteiger partial charge in [0.1, 0.15) is 5.69 Å². The van der Waals surface area contributed by atoms with Gasteiger partial charge in [0.05, 0.1) is 27.8 Å². The van der Waals surface area contributed by atoms with E-state index in [2.05, 4.69) is 11.1 Å². The largest absolute Gasteiger partial charge is 0.389 e. The number of aryl methyl sites for hydroxylation is 2. The van der Waals surface area contributed by atoms with E-state index in [0.29, 0.717) is 22.6 Å². The number of benzene rings is 1. The number of β-amino-alcohol motifs (C(OH)–C–C–N with tert-alkyl or cyclic N) is 1. The molecule has 0 unspecified atom stereocenters. The molecule has 0 radical (unpaired) electrons. The number of amides is 1. The molecule has 0 spiro atoms. The second kappa shape index (κ2) is 7.34. The summed E-state index contributed by atoms with van der Waals surface area (Å²) in [6.07, 6.45) is 1.35. The third-order valence-electron chi connectivity index (χ3n) is 5.38. The first-order valence-corrected chi connectivity index (χ1v) is 9.85. The Kier molecular flexibility index (Phi) is 4.99. The van der Waals surface area contributed by atoms with E-state index in [1.54, 1.807) is 0 Å². The highest BCUT2D eigenvalue weighted by atomic mass is 35.5. The van der Waals surface area contributed by atoms with Gasteiger partial charge < -0.3 is 14.6 Å². The van der Waals surface area contributed by atoms with Crippen LogP contribution in [0.15, 0.2) is 24.4 Å². The van der Waals surface area contributed by atoms with Crippen LogP contribution in [0.25, 0.3) is 10.9 Å². The van der Waals surface area contributed by atoms with Gasteiger partial charge >= 0.3 is 0 Å². The maximum absolute atomic E-state index is 12.6. The normalized spacial score (nSPS) is 14.1. The van der Waals surface area contributed by atoms with Crippen molar-refractivity contribution in [1.29, 1.82) is 5.26 Å². The van der Waals surface area contributed by atoms with Gasteiger partial charge in [0.2, 0.25) is 0 Å². The fourth-order valence-corrected chi connectivity index (χ4v) is 4.22. The van der Waals surface area contributed by atoms with E-state index in [0.717, 1.165) is 22.2 Å². The standard InChI is InChI=1S/C21H18Cl2N4O2/c1-11-3-12(7-24)4-18-15(11)5-13(26(18)2)6-16-17(22)8-25-20(19(16)23)21(29)27-9-14(28)10-27/h3-5,8,14,28H,6,9-10H2,1-2H3. The van der Waals surface area contributed by atoms with Crippen molar-refractivity contribution in [2.75, 3.05) is 13.1 Å². The number of nitrogens with zero attached hydrogens (tertiary/aromatic N) is 4. The fourth-order valence-electron chi connectivity index (χ4n) is 3.66. The summed E-state index contributed by atoms with van der Waals surface area (Å²) in [5, 5.41) is 20.3. The zero-order valence-electron chi connectivity index (χ0n) is 15.9. The summed E-state index contributed by atoms with van der Waals surface area (Å²) < 4.78 is 2.00. The average Bonchev–Trinajstić information content (AvgIpc) is 2.98. The molecule has 1 amide bonds. The minimum Gasteiger partial charge on any atom is -0.389 e. The first-order chi connectivity index (χ1) is 13.8. The molecule has 148 valence electrons. The molecule has 0 saturated carbocycles. The van der Waals surface area contributed by atoms with Crippen molar-refractivity contribution in [1.82, 2.24) is 14.5 Å². The number of carbonyl (C=O) groups excluding carboxylic acids is 1. The molecule has 1 saturated heterocycles. The van der Waals surface area contributed by atoms with Gasteiger partial charge in [-0.3, -0.25) is 4.79 Å². The molecule has 2 aromatic heterocycles. The van der Waals surface area contributed by atoms with Crippen molar-refractivity contribution in [2.24, 2.45) is 7.05 Å². The summed E-state index contributed by atoms with van der Waals surface area (Å²) in [5.74, 6) is -0.315. The van der Waals surface area contributed by atoms with Gasteiger partial charge in [-0.25, -0.2) is 4.98 Å². The molecule has 1 aliphatic heterocycles. The van der Waals surface area contributed by atoms with Crippen molar-refractivity contribution < 1.29 is 9.90 Å². The molecule has 0 bridgehead atoms. The van der Waals surface area contributed by atoms with Crippen LogP contribution in [0, 0.1) is 18.3 Å². The molecule has 0 atom stereocenters. The van der Waals surface area contributed by atoms with Gasteiger partial charge in [-0.05, 0) is 36.2 Å². The Balaban J connectivity index is 1.74. The first-order valence-electron chi connectivity index (χ1n) is 9.09. The van der Waals surface area contributed by atoms with Gasteiger partial charge in [-0.1, -0.05) is 23.2 Å². The van der Waals surface area contributed by atoms with Crippen molar-refractivity contribution in [3.63, 3.8) is 0 Å². The maximum atomic E-state index is 12.6. The van der Waals surface area contributed by atoms with Crippen molar-refractivity contribution in [2.45, 2.75) is 19.4 Å². The molecule has 1 aliphatic rings. The van der Waals surface area contributed by atoms with Crippen molar-refractivity contribution in [3.05, 3.63) is 62.5 Å². The van der Waals surface area contributed by atoms with Crippen LogP contribution in [0.5, 0.6) is 0 Å². The topological polar surface area (TPSA) is 82.2 Å². The minimum atomic E-state index is -0.498. The monoisotopic (exact) mass is 428 g/mol. The zero-order chi connectivity index (χ0) is 20.9. The lowest BCUT2D eigenvalue weighted by molar-refractivity contribution is 0.00551. The molecule has 0 aliphatic carbocycles. The summed E-state index contributed by atoms with van der Waals surface area (Å²) in [4.78, 5) is 18.3. The number of fused-ring (bicyclic) bond motifs is 1. The van der Waals surface area contributed by atoms with E-state index in [4.69, 9.17) is 23.2 Å². The Morgan fingerprint density at radius 1 is 1.34 bits per heavy atom. The van der Waals surface area contributed by atoms with Gasteiger partial charge in [0.25, 0.3) is 5.91 Å². The molecule has 3 heterocycles. The maximum Gasteiger partial charge on any atom is 0.274 e. The summed E-state index contributed by atoms with van der Waals surface area (Å²) in [5.41, 5.74) is 4.28. The molecule has 8 heteroatoms. The van der Waals surface area contributed by atoms with Crippen LogP contribution in [0.2, 0.25) is 10.0 Å². The van der Waals surface area contributed by atoms with Gasteiger partial charge in [-0.2, -0.15) is 5.26 Å². The highest BCUT2D eigenvalue weighted by Crippen LogP contribution is 2.32. The number of carbonyl (C=O) groups is 1. The third-order valence-corrected chi connectivity index (χ3v) is 6.11. The van der Waals surface area contributed by atoms with E-state index in [-0.39, 0.29) is 29.7 Å². The predicted molar refractivity (Wildman–Crippen MR) is 111 cm³/mol. The van der Waals surface area contributed by atoms with E-state index in [9.17, 15) is 15.2 Å². The second-order valence-electron chi connectivity index (χ2n) is 7.32. The van der Waals surface area contributed by atoms with Crippen LogP contribution in [-0.2, 0) is 13.5 Å². The number of aromatic nitrogens is 2. The Morgan fingerprint density at radius 2 is 2.07 bits per heavy atom. The van der Waals surface area contributed by atoms with E-state index in [1.807, 2.05) is 36.7 Å². The van der Waals surface area contributed by atoms with Crippen LogP contribution in [0.3, 0.4) is 0 Å². The predicted octanol–water partition coefficient (Wildman–Crippen LogP) is 3.47. The summed E-state index contributed by atoms with van der Waals surface area (Å²) in [7, 11) is 1.93. The lowest BCUT2D eigenvalue weighted by atomic mass is 10.1. The number of likely N-dealkylation sites (tertiary alicyclic amines) is 1. The number of hydrogen-bond donors (Lipinski definition) is 1. The van der Waals surface area contributed by atoms with Gasteiger partial charge in [0, 0.05) is 49.4 Å². The number of halogens is 2. The average molecular weight is 429 g/mol. The Labute approximate surface area is 177 Å². The number of nitriles is 1. The Hall–Kier alpha value is -2.59. The summed E-state index contributed by atoms with van der Waals surface area (Å²) in [6, 6.07) is 7.94. The smallest absolute Gasteiger partial charge is 0.274 e. The second-order valence-corrected chi connectivity index (χ2v) is 8.11. The van der Waals surface area contributed by atoms with Gasteiger partial charge in [-0.15, -0.1) is 0 Å². The molecule has 1 N–H and O–H groups in total. The van der Waals surface area contributed by atoms with Crippen molar-refractivity contribution >= 4 is 40.0 Å². The highest BCUT2D eigenvalue weighted by Gasteiger charge is 2.32. The highest BCUT2D eigenvalue weighted by molar-refractivity contribution is 6.37. The molecular formula is C21H18Cl2N4O2. The van der Waals surface area contributed by atoms with E-state index in [1.165, 1.54) is 11.1 Å². The summed E-state index contributed by atoms with van der Waals surface area (Å²) >= 11 is 12.9. The number of hydrogen-bond acceptors (Lipinski definition) is 4. The van der Waals surface area contributed by atoms with Crippen LogP contribution in [0.1, 0.15) is 32.9 Å². The fraction of sp³-hybridized carbons (Fsp3) is 0.286. The number of aliphatic hydroxyl groups is 1. The number of pyridine rings is 1. The molecule has 4 rings (SSSR count). The first kappa shape index (κ1) is 19.7. The Bertz CT molecular complexity index is 1190. The van der Waals surface area contributed by atoms with Crippen LogP contribution >= 0.6 is 23.2 Å². The molecule has 3 aromatic rings. The van der Waals surface area contributed by atoms with Crippen LogP contribution in [0.4, 0.5) is 0 Å². The molecular weight excluding hydrogens is 411 g/mol. The van der Waals surface area contributed by atoms with E-state index < -0.39 is 6.10 Å². The zero-order valence-corrected chi connectivity index (χ0v) is 17.4. The molecule has 1 aromatic carbocycles. The number of rotatable bonds is 3. The Morgan fingerprint density at radius 3 is 2.72 bits per heavy atom. The van der Waals surface area contributed by atoms with Crippen molar-refractivity contribution in [3.8, 4) is 6.07 Å². The molecule has 1 fully saturated rings. The lowest BCUT2D eigenvalue weighted by Gasteiger charge is -2.35. The van der Waals surface area contributed by atoms with Crippen LogP contribution < -0.4 is 0 Å². The quantitative estimate of drug-likeness (QED) is 0.692. The molecule has 29 heavy (non-hydrogen) atoms. The lowest BCUT2D eigenvalue weighted by Crippen LogP contribution is -2.53. The minimum absolute atomic E-state index is 0.139. The third kappa shape index (κ3) is 3.36.